The lowest BCUT2D eigenvalue weighted by Crippen LogP contribution is -2.16. The van der Waals surface area contributed by atoms with E-state index in [-0.39, 0.29) is 5.84 Å². The van der Waals surface area contributed by atoms with Gasteiger partial charge in [-0.2, -0.15) is 0 Å². The number of oxime groups is 1. The van der Waals surface area contributed by atoms with Crippen LogP contribution >= 0.6 is 11.6 Å². The van der Waals surface area contributed by atoms with Crippen LogP contribution in [0.3, 0.4) is 0 Å². The number of rotatable bonds is 7. The summed E-state index contributed by atoms with van der Waals surface area (Å²) >= 11 is 5.99. The fourth-order valence-corrected chi connectivity index (χ4v) is 1.67. The van der Waals surface area contributed by atoms with E-state index in [4.69, 9.17) is 32.0 Å². The minimum atomic E-state index is -0.0691. The van der Waals surface area contributed by atoms with Gasteiger partial charge in [0.05, 0.1) is 17.2 Å². The molecule has 1 rings (SSSR count). The van der Waals surface area contributed by atoms with Crippen LogP contribution in [-0.4, -0.2) is 30.9 Å². The SMILES string of the molecule is CCOCCCOc1cccc(Cl)c1/C(N)=N/O. The van der Waals surface area contributed by atoms with Gasteiger partial charge in [0.25, 0.3) is 0 Å². The van der Waals surface area contributed by atoms with E-state index in [0.717, 1.165) is 6.42 Å². The quantitative estimate of drug-likeness (QED) is 0.262. The van der Waals surface area contributed by atoms with Gasteiger partial charge in [0.1, 0.15) is 5.75 Å². The normalized spacial score (nSPS) is 11.6. The Balaban J connectivity index is 2.67. The summed E-state index contributed by atoms with van der Waals surface area (Å²) in [6.07, 6.45) is 0.760. The van der Waals surface area contributed by atoms with E-state index in [1.807, 2.05) is 6.92 Å². The Morgan fingerprint density at radius 3 is 2.89 bits per heavy atom. The number of amidine groups is 1. The molecule has 1 aromatic carbocycles. The first-order valence-electron chi connectivity index (χ1n) is 5.67. The summed E-state index contributed by atoms with van der Waals surface area (Å²) in [5.74, 6) is 0.426. The average molecular weight is 273 g/mol. The summed E-state index contributed by atoms with van der Waals surface area (Å²) in [6.45, 7) is 3.74. The maximum atomic E-state index is 8.71. The van der Waals surface area contributed by atoms with Gasteiger partial charge in [-0.3, -0.25) is 0 Å². The molecule has 0 fully saturated rings. The van der Waals surface area contributed by atoms with Gasteiger partial charge in [-0.05, 0) is 19.1 Å². The molecule has 5 nitrogen and oxygen atoms in total. The summed E-state index contributed by atoms with van der Waals surface area (Å²) in [4.78, 5) is 0. The molecular weight excluding hydrogens is 256 g/mol. The smallest absolute Gasteiger partial charge is 0.175 e. The van der Waals surface area contributed by atoms with Crippen molar-refractivity contribution in [1.29, 1.82) is 0 Å². The van der Waals surface area contributed by atoms with Crippen LogP contribution in [0.15, 0.2) is 23.4 Å². The molecule has 0 saturated heterocycles. The lowest BCUT2D eigenvalue weighted by molar-refractivity contribution is 0.131. The van der Waals surface area contributed by atoms with E-state index in [2.05, 4.69) is 5.16 Å². The molecule has 0 aliphatic carbocycles. The third-order valence-electron chi connectivity index (χ3n) is 2.23. The minimum Gasteiger partial charge on any atom is -0.493 e. The van der Waals surface area contributed by atoms with Gasteiger partial charge in [-0.1, -0.05) is 22.8 Å². The number of halogens is 1. The second-order valence-electron chi connectivity index (χ2n) is 3.50. The molecule has 0 bridgehead atoms. The molecule has 0 amide bonds. The van der Waals surface area contributed by atoms with Crippen LogP contribution in [0.2, 0.25) is 5.02 Å². The summed E-state index contributed by atoms with van der Waals surface area (Å²) in [5.41, 5.74) is 5.96. The van der Waals surface area contributed by atoms with Gasteiger partial charge in [0.2, 0.25) is 0 Å². The van der Waals surface area contributed by atoms with Crippen molar-refractivity contribution in [2.45, 2.75) is 13.3 Å². The minimum absolute atomic E-state index is 0.0691. The molecule has 0 aromatic heterocycles. The lowest BCUT2D eigenvalue weighted by atomic mass is 10.2. The number of hydrogen-bond acceptors (Lipinski definition) is 4. The molecule has 0 saturated carbocycles. The zero-order chi connectivity index (χ0) is 13.4. The van der Waals surface area contributed by atoms with E-state index in [0.29, 0.717) is 36.2 Å². The molecule has 3 N–H and O–H groups in total. The number of nitrogens with two attached hydrogens (primary N) is 1. The first kappa shape index (κ1) is 14.6. The van der Waals surface area contributed by atoms with Crippen molar-refractivity contribution in [1.82, 2.24) is 0 Å². The topological polar surface area (TPSA) is 77.1 Å². The molecule has 100 valence electrons. The highest BCUT2D eigenvalue weighted by Gasteiger charge is 2.12. The van der Waals surface area contributed by atoms with Crippen LogP contribution in [0.1, 0.15) is 18.9 Å². The van der Waals surface area contributed by atoms with Crippen LogP contribution in [0, 0.1) is 0 Å². The molecule has 1 aromatic rings. The van der Waals surface area contributed by atoms with Gasteiger partial charge in [0, 0.05) is 19.6 Å². The van der Waals surface area contributed by atoms with Crippen molar-refractivity contribution in [2.24, 2.45) is 10.9 Å². The molecule has 6 heteroatoms. The molecule has 0 heterocycles. The van der Waals surface area contributed by atoms with Crippen molar-refractivity contribution < 1.29 is 14.7 Å². The Morgan fingerprint density at radius 1 is 1.44 bits per heavy atom. The van der Waals surface area contributed by atoms with Crippen molar-refractivity contribution in [3.05, 3.63) is 28.8 Å². The van der Waals surface area contributed by atoms with E-state index >= 15 is 0 Å². The largest absolute Gasteiger partial charge is 0.493 e. The van der Waals surface area contributed by atoms with Crippen LogP contribution in [0.25, 0.3) is 0 Å². The first-order chi connectivity index (χ1) is 8.70. The van der Waals surface area contributed by atoms with Crippen LogP contribution in [0.4, 0.5) is 0 Å². The Labute approximate surface area is 111 Å². The monoisotopic (exact) mass is 272 g/mol. The second kappa shape index (κ2) is 7.79. The fraction of sp³-hybridized carbons (Fsp3) is 0.417. The van der Waals surface area contributed by atoms with Gasteiger partial charge < -0.3 is 20.4 Å². The van der Waals surface area contributed by atoms with E-state index in [9.17, 15) is 0 Å². The van der Waals surface area contributed by atoms with Crippen molar-refractivity contribution >= 4 is 17.4 Å². The molecule has 0 aliphatic heterocycles. The average Bonchev–Trinajstić information content (AvgIpc) is 2.38. The van der Waals surface area contributed by atoms with Crippen LogP contribution in [-0.2, 0) is 4.74 Å². The van der Waals surface area contributed by atoms with Crippen molar-refractivity contribution in [3.8, 4) is 5.75 Å². The Kier molecular flexibility index (Phi) is 6.32. The molecule has 0 aliphatic rings. The summed E-state index contributed by atoms with van der Waals surface area (Å²) < 4.78 is 10.8. The van der Waals surface area contributed by atoms with E-state index < -0.39 is 0 Å². The summed E-state index contributed by atoms with van der Waals surface area (Å²) in [5, 5.41) is 12.0. The van der Waals surface area contributed by atoms with Gasteiger partial charge in [-0.25, -0.2) is 0 Å². The Bertz CT molecular complexity index is 410. The molecule has 18 heavy (non-hydrogen) atoms. The molecule has 0 unspecified atom stereocenters. The van der Waals surface area contributed by atoms with Gasteiger partial charge >= 0.3 is 0 Å². The lowest BCUT2D eigenvalue weighted by Gasteiger charge is -2.11. The van der Waals surface area contributed by atoms with Crippen LogP contribution in [0.5, 0.6) is 5.75 Å². The predicted molar refractivity (Wildman–Crippen MR) is 70.6 cm³/mol. The highest BCUT2D eigenvalue weighted by molar-refractivity contribution is 6.34. The number of hydrogen-bond donors (Lipinski definition) is 2. The molecular formula is C12H17ClN2O3. The Morgan fingerprint density at radius 2 is 2.22 bits per heavy atom. The maximum absolute atomic E-state index is 8.71. The number of nitrogens with zero attached hydrogens (tertiary/aromatic N) is 1. The first-order valence-corrected chi connectivity index (χ1v) is 6.05. The van der Waals surface area contributed by atoms with Crippen molar-refractivity contribution in [2.75, 3.05) is 19.8 Å². The maximum Gasteiger partial charge on any atom is 0.175 e. The second-order valence-corrected chi connectivity index (χ2v) is 3.90. The van der Waals surface area contributed by atoms with Gasteiger partial charge in [0.15, 0.2) is 5.84 Å². The standard InChI is InChI=1S/C12H17ClN2O3/c1-2-17-7-4-8-18-10-6-3-5-9(13)11(10)12(14)15-16/h3,5-6,16H,2,4,7-8H2,1H3,(H2,14,15). The number of benzene rings is 1. The third-order valence-corrected chi connectivity index (χ3v) is 2.55. The molecule has 0 radical (unpaired) electrons. The zero-order valence-corrected chi connectivity index (χ0v) is 11.0. The van der Waals surface area contributed by atoms with E-state index in [1.165, 1.54) is 0 Å². The summed E-state index contributed by atoms with van der Waals surface area (Å²) in [7, 11) is 0. The molecule has 0 spiro atoms. The summed E-state index contributed by atoms with van der Waals surface area (Å²) in [6, 6.07) is 5.12. The number of ether oxygens (including phenoxy) is 2. The fourth-order valence-electron chi connectivity index (χ4n) is 1.41. The van der Waals surface area contributed by atoms with Crippen LogP contribution < -0.4 is 10.5 Å². The van der Waals surface area contributed by atoms with Crippen molar-refractivity contribution in [3.63, 3.8) is 0 Å². The predicted octanol–water partition coefficient (Wildman–Crippen LogP) is 2.24. The third kappa shape index (κ3) is 4.09. The Hall–Kier alpha value is -1.46. The zero-order valence-electron chi connectivity index (χ0n) is 10.2. The highest BCUT2D eigenvalue weighted by Crippen LogP contribution is 2.26. The molecule has 0 atom stereocenters. The highest BCUT2D eigenvalue weighted by atomic mass is 35.5. The van der Waals surface area contributed by atoms with Gasteiger partial charge in [-0.15, -0.1) is 0 Å². The van der Waals surface area contributed by atoms with E-state index in [1.54, 1.807) is 18.2 Å².